The third kappa shape index (κ3) is 5.54. The van der Waals surface area contributed by atoms with Crippen LogP contribution in [0.1, 0.15) is 37.9 Å². The third-order valence-electron chi connectivity index (χ3n) is 5.70. The fraction of sp³-hybridized carbons (Fsp3) is 0.286. The lowest BCUT2D eigenvalue weighted by atomic mass is 10.00. The summed E-state index contributed by atoms with van der Waals surface area (Å²) in [6, 6.07) is 21.3. The molecule has 36 heavy (non-hydrogen) atoms. The van der Waals surface area contributed by atoms with E-state index in [1.807, 2.05) is 94.4 Å². The van der Waals surface area contributed by atoms with Gasteiger partial charge in [-0.05, 0) is 69.7 Å². The number of para-hydroxylation sites is 1. The van der Waals surface area contributed by atoms with E-state index >= 15 is 0 Å². The Hall–Kier alpha value is -4.20. The number of benzene rings is 3. The van der Waals surface area contributed by atoms with Gasteiger partial charge in [0.1, 0.15) is 23.9 Å². The lowest BCUT2D eigenvalue weighted by Crippen LogP contribution is -2.50. The van der Waals surface area contributed by atoms with Crippen LogP contribution in [0.5, 0.6) is 5.75 Å². The number of hydrogen-bond acceptors (Lipinski definition) is 5. The van der Waals surface area contributed by atoms with Crippen LogP contribution in [0.2, 0.25) is 0 Å². The molecule has 1 atom stereocenters. The molecule has 3 aromatic carbocycles. The van der Waals surface area contributed by atoms with Gasteiger partial charge in [-0.2, -0.15) is 0 Å². The SMILES string of the molecule is COc1cccc([C@H](C(=O)NC(C)(C)C)N(C(=O)Cn2nnc3ccccc32)c2ccc(C)cc2)c1. The van der Waals surface area contributed by atoms with E-state index in [1.165, 1.54) is 4.90 Å². The van der Waals surface area contributed by atoms with Crippen molar-refractivity contribution in [3.8, 4) is 5.75 Å². The number of methoxy groups -OCH3 is 1. The van der Waals surface area contributed by atoms with Crippen molar-refractivity contribution in [2.45, 2.75) is 45.8 Å². The molecule has 1 heterocycles. The Balaban J connectivity index is 1.83. The number of hydrogen-bond donors (Lipinski definition) is 1. The molecule has 0 spiro atoms. The molecular weight excluding hydrogens is 454 g/mol. The molecule has 0 bridgehead atoms. The zero-order valence-electron chi connectivity index (χ0n) is 21.2. The van der Waals surface area contributed by atoms with Crippen LogP contribution in [0, 0.1) is 6.92 Å². The highest BCUT2D eigenvalue weighted by Crippen LogP contribution is 2.31. The van der Waals surface area contributed by atoms with E-state index in [9.17, 15) is 9.59 Å². The van der Waals surface area contributed by atoms with Gasteiger partial charge in [0.25, 0.3) is 0 Å². The molecule has 186 valence electrons. The molecule has 4 aromatic rings. The highest BCUT2D eigenvalue weighted by molar-refractivity contribution is 6.01. The van der Waals surface area contributed by atoms with Crippen LogP contribution in [0.4, 0.5) is 5.69 Å². The van der Waals surface area contributed by atoms with Crippen LogP contribution in [0.15, 0.2) is 72.8 Å². The number of nitrogens with zero attached hydrogens (tertiary/aromatic N) is 4. The lowest BCUT2D eigenvalue weighted by Gasteiger charge is -2.34. The maximum Gasteiger partial charge on any atom is 0.249 e. The van der Waals surface area contributed by atoms with Gasteiger partial charge in [-0.3, -0.25) is 14.5 Å². The number of carbonyl (C=O) groups is 2. The average Bonchev–Trinajstić information content (AvgIpc) is 3.24. The first-order chi connectivity index (χ1) is 17.2. The van der Waals surface area contributed by atoms with E-state index in [1.54, 1.807) is 17.9 Å². The van der Waals surface area contributed by atoms with Crippen LogP contribution in [-0.4, -0.2) is 39.5 Å². The molecule has 0 unspecified atom stereocenters. The largest absolute Gasteiger partial charge is 0.497 e. The monoisotopic (exact) mass is 485 g/mol. The van der Waals surface area contributed by atoms with Gasteiger partial charge < -0.3 is 10.1 Å². The molecule has 4 rings (SSSR count). The van der Waals surface area contributed by atoms with Crippen molar-refractivity contribution in [2.75, 3.05) is 12.0 Å². The number of amides is 2. The maximum absolute atomic E-state index is 14.0. The van der Waals surface area contributed by atoms with Crippen molar-refractivity contribution in [3.05, 3.63) is 83.9 Å². The zero-order chi connectivity index (χ0) is 25.9. The minimum absolute atomic E-state index is 0.0857. The normalized spacial score (nSPS) is 12.2. The highest BCUT2D eigenvalue weighted by Gasteiger charge is 2.35. The summed E-state index contributed by atoms with van der Waals surface area (Å²) < 4.78 is 6.98. The standard InChI is InChI=1S/C28H31N5O3/c1-19-13-15-21(16-14-19)33(25(34)18-32-24-12-7-6-11-23(24)30-31-32)26(27(35)29-28(2,3)4)20-9-8-10-22(17-20)36-5/h6-17,26H,18H2,1-5H3,(H,29,35)/t26-/m1/s1. The summed E-state index contributed by atoms with van der Waals surface area (Å²) in [4.78, 5) is 29.3. The Morgan fingerprint density at radius 1 is 1.03 bits per heavy atom. The Morgan fingerprint density at radius 2 is 1.75 bits per heavy atom. The number of aryl methyl sites for hydroxylation is 1. The number of nitrogens with one attached hydrogen (secondary N) is 1. The van der Waals surface area contributed by atoms with Crippen LogP contribution in [-0.2, 0) is 16.1 Å². The lowest BCUT2D eigenvalue weighted by molar-refractivity contribution is -0.128. The summed E-state index contributed by atoms with van der Waals surface area (Å²) >= 11 is 0. The number of anilines is 1. The summed E-state index contributed by atoms with van der Waals surface area (Å²) in [5.74, 6) is -0.000791. The smallest absolute Gasteiger partial charge is 0.249 e. The predicted molar refractivity (Wildman–Crippen MR) is 140 cm³/mol. The average molecular weight is 486 g/mol. The molecule has 0 aliphatic rings. The van der Waals surface area contributed by atoms with E-state index in [0.717, 1.165) is 11.1 Å². The topological polar surface area (TPSA) is 89.4 Å². The number of fused-ring (bicyclic) bond motifs is 1. The van der Waals surface area contributed by atoms with Crippen LogP contribution < -0.4 is 15.0 Å². The Kier molecular flexibility index (Phi) is 7.05. The van der Waals surface area contributed by atoms with Gasteiger partial charge in [-0.15, -0.1) is 5.10 Å². The van der Waals surface area contributed by atoms with Crippen molar-refractivity contribution in [1.82, 2.24) is 20.3 Å². The fourth-order valence-electron chi connectivity index (χ4n) is 4.05. The fourth-order valence-corrected chi connectivity index (χ4v) is 4.05. The van der Waals surface area contributed by atoms with Gasteiger partial charge in [0.15, 0.2) is 0 Å². The maximum atomic E-state index is 14.0. The van der Waals surface area contributed by atoms with Crippen molar-refractivity contribution in [1.29, 1.82) is 0 Å². The molecular formula is C28H31N5O3. The zero-order valence-corrected chi connectivity index (χ0v) is 21.2. The van der Waals surface area contributed by atoms with E-state index in [-0.39, 0.29) is 18.4 Å². The van der Waals surface area contributed by atoms with Gasteiger partial charge in [-0.25, -0.2) is 4.68 Å². The molecule has 0 saturated carbocycles. The molecule has 2 amide bonds. The minimum Gasteiger partial charge on any atom is -0.497 e. The van der Waals surface area contributed by atoms with E-state index in [2.05, 4.69) is 15.6 Å². The Bertz CT molecular complexity index is 1370. The number of aromatic nitrogens is 3. The first-order valence-electron chi connectivity index (χ1n) is 11.8. The Morgan fingerprint density at radius 3 is 2.44 bits per heavy atom. The number of rotatable bonds is 7. The van der Waals surface area contributed by atoms with Gasteiger partial charge in [0, 0.05) is 11.2 Å². The summed E-state index contributed by atoms with van der Waals surface area (Å²) in [6.07, 6.45) is 0. The van der Waals surface area contributed by atoms with E-state index in [0.29, 0.717) is 22.5 Å². The minimum atomic E-state index is -0.940. The summed E-state index contributed by atoms with van der Waals surface area (Å²) in [5.41, 5.74) is 3.22. The molecule has 1 N–H and O–H groups in total. The van der Waals surface area contributed by atoms with Crippen LogP contribution in [0.3, 0.4) is 0 Å². The van der Waals surface area contributed by atoms with Crippen molar-refractivity contribution in [3.63, 3.8) is 0 Å². The molecule has 0 radical (unpaired) electrons. The highest BCUT2D eigenvalue weighted by atomic mass is 16.5. The summed E-state index contributed by atoms with van der Waals surface area (Å²) in [7, 11) is 1.57. The second kappa shape index (κ2) is 10.2. The van der Waals surface area contributed by atoms with Crippen LogP contribution in [0.25, 0.3) is 11.0 Å². The van der Waals surface area contributed by atoms with E-state index < -0.39 is 11.6 Å². The number of ether oxygens (including phenoxy) is 1. The van der Waals surface area contributed by atoms with Gasteiger partial charge >= 0.3 is 0 Å². The van der Waals surface area contributed by atoms with Gasteiger partial charge in [0.2, 0.25) is 11.8 Å². The van der Waals surface area contributed by atoms with Gasteiger partial charge in [-0.1, -0.05) is 47.2 Å². The second-order valence-corrected chi connectivity index (χ2v) is 9.75. The van der Waals surface area contributed by atoms with Crippen molar-refractivity contribution in [2.24, 2.45) is 0 Å². The van der Waals surface area contributed by atoms with Gasteiger partial charge in [0.05, 0.1) is 12.6 Å². The molecule has 8 heteroatoms. The first kappa shape index (κ1) is 24.9. The molecule has 0 fully saturated rings. The van der Waals surface area contributed by atoms with Crippen LogP contribution >= 0.6 is 0 Å². The molecule has 1 aromatic heterocycles. The summed E-state index contributed by atoms with van der Waals surface area (Å²) in [5, 5.41) is 11.4. The summed E-state index contributed by atoms with van der Waals surface area (Å²) in [6.45, 7) is 7.62. The Labute approximate surface area is 210 Å². The molecule has 8 nitrogen and oxygen atoms in total. The van der Waals surface area contributed by atoms with Crippen molar-refractivity contribution < 1.29 is 14.3 Å². The van der Waals surface area contributed by atoms with E-state index in [4.69, 9.17) is 4.74 Å². The molecule has 0 aliphatic carbocycles. The molecule has 0 aliphatic heterocycles. The predicted octanol–water partition coefficient (Wildman–Crippen LogP) is 4.44. The quantitative estimate of drug-likeness (QED) is 0.418. The second-order valence-electron chi connectivity index (χ2n) is 9.75. The first-order valence-corrected chi connectivity index (χ1v) is 11.8. The molecule has 0 saturated heterocycles. The third-order valence-corrected chi connectivity index (χ3v) is 5.70. The van der Waals surface area contributed by atoms with Crippen molar-refractivity contribution >= 4 is 28.5 Å². The number of carbonyl (C=O) groups excluding carboxylic acids is 2.